The second-order valence-corrected chi connectivity index (χ2v) is 9.59. The van der Waals surface area contributed by atoms with E-state index in [9.17, 15) is 0 Å². The molecule has 0 unspecified atom stereocenters. The van der Waals surface area contributed by atoms with Gasteiger partial charge in [-0.1, -0.05) is 59.6 Å². The van der Waals surface area contributed by atoms with Crippen molar-refractivity contribution in [2.24, 2.45) is 0 Å². The van der Waals surface area contributed by atoms with Crippen LogP contribution >= 0.6 is 23.2 Å². The van der Waals surface area contributed by atoms with Crippen LogP contribution in [-0.2, 0) is 13.0 Å². The number of aryl methyl sites for hydroxylation is 1. The van der Waals surface area contributed by atoms with Gasteiger partial charge >= 0.3 is 0 Å². The molecule has 210 valence electrons. The molecular formula is C29H31Cl2N5O4. The fourth-order valence-electron chi connectivity index (χ4n) is 4.24. The summed E-state index contributed by atoms with van der Waals surface area (Å²) in [7, 11) is 3.09. The summed E-state index contributed by atoms with van der Waals surface area (Å²) in [6, 6.07) is 11.3. The number of rotatable bonds is 13. The molecular weight excluding hydrogens is 553 g/mol. The summed E-state index contributed by atoms with van der Waals surface area (Å²) in [5.74, 6) is 0.802. The lowest BCUT2D eigenvalue weighted by Crippen LogP contribution is -2.19. The number of aromatic nitrogens is 4. The zero-order valence-electron chi connectivity index (χ0n) is 22.3. The monoisotopic (exact) mass is 583 g/mol. The highest BCUT2D eigenvalue weighted by molar-refractivity contribution is 6.39. The van der Waals surface area contributed by atoms with Gasteiger partial charge in [-0.3, -0.25) is 9.97 Å². The number of unbranched alkanes of at least 4 members (excludes halogenated alkanes) is 1. The summed E-state index contributed by atoms with van der Waals surface area (Å²) in [6.07, 6.45) is 5.45. The normalized spacial score (nSPS) is 11.1. The van der Waals surface area contributed by atoms with E-state index >= 15 is 0 Å². The Hall–Kier alpha value is -3.34. The van der Waals surface area contributed by atoms with E-state index in [4.69, 9.17) is 42.9 Å². The first-order valence-electron chi connectivity index (χ1n) is 12.8. The number of nitrogens with zero attached hydrogens (tertiary/aromatic N) is 4. The third kappa shape index (κ3) is 6.68. The van der Waals surface area contributed by atoms with E-state index < -0.39 is 0 Å². The zero-order valence-corrected chi connectivity index (χ0v) is 23.8. The zero-order chi connectivity index (χ0) is 28.5. The second kappa shape index (κ2) is 14.3. The van der Waals surface area contributed by atoms with Gasteiger partial charge in [-0.25, -0.2) is 9.97 Å². The van der Waals surface area contributed by atoms with Gasteiger partial charge in [0.25, 0.3) is 0 Å². The highest BCUT2D eigenvalue weighted by Gasteiger charge is 2.19. The minimum atomic E-state index is 0.0246. The number of benzene rings is 2. The maximum absolute atomic E-state index is 9.07. The Balaban J connectivity index is 1.69. The Morgan fingerprint density at radius 3 is 1.77 bits per heavy atom. The molecule has 0 bridgehead atoms. The highest BCUT2D eigenvalue weighted by atomic mass is 35.5. The number of hydrogen-bond donors (Lipinski definition) is 3. The molecule has 0 fully saturated rings. The van der Waals surface area contributed by atoms with Gasteiger partial charge in [0.1, 0.15) is 11.4 Å². The standard InChI is InChI=1S/C29H31Cl2N5O4/c1-39-28-22(11-3-4-13-37)33-16-23(35-28)20-9-5-7-18(26(20)30)19-8-6-10-21(27(19)31)24-17-34-25(15-32-12-14-38)29(36-24)40-2/h5-10,16-17,32,37-38H,3-4,11-15H2,1-2H3. The number of aliphatic hydroxyl groups excluding tert-OH is 2. The Kier molecular flexibility index (Phi) is 10.6. The predicted octanol–water partition coefficient (Wildman–Crippen LogP) is 4.99. The quantitative estimate of drug-likeness (QED) is 0.187. The molecule has 0 radical (unpaired) electrons. The first-order valence-corrected chi connectivity index (χ1v) is 13.6. The molecule has 0 spiro atoms. The van der Waals surface area contributed by atoms with E-state index in [0.29, 0.717) is 75.9 Å². The third-order valence-electron chi connectivity index (χ3n) is 6.25. The van der Waals surface area contributed by atoms with Gasteiger partial charge in [-0.15, -0.1) is 0 Å². The molecule has 11 heteroatoms. The molecule has 0 saturated carbocycles. The van der Waals surface area contributed by atoms with Crippen LogP contribution in [0.3, 0.4) is 0 Å². The van der Waals surface area contributed by atoms with Gasteiger partial charge in [-0.2, -0.15) is 0 Å². The summed E-state index contributed by atoms with van der Waals surface area (Å²) in [4.78, 5) is 18.4. The molecule has 4 aromatic rings. The SMILES string of the molecule is COc1nc(-c2cccc(-c3cccc(-c4cnc(CNCCO)c(OC)n4)c3Cl)c2Cl)cnc1CCCCO. The van der Waals surface area contributed by atoms with Crippen LogP contribution in [0.1, 0.15) is 24.2 Å². The van der Waals surface area contributed by atoms with Crippen molar-refractivity contribution in [3.8, 4) is 45.4 Å². The predicted molar refractivity (Wildman–Crippen MR) is 156 cm³/mol. The number of nitrogens with one attached hydrogen (secondary N) is 1. The van der Waals surface area contributed by atoms with Crippen molar-refractivity contribution in [2.45, 2.75) is 25.8 Å². The van der Waals surface area contributed by atoms with Crippen molar-refractivity contribution in [3.05, 3.63) is 70.2 Å². The van der Waals surface area contributed by atoms with Crippen LogP contribution in [0.4, 0.5) is 0 Å². The molecule has 0 aliphatic heterocycles. The van der Waals surface area contributed by atoms with Crippen molar-refractivity contribution < 1.29 is 19.7 Å². The molecule has 40 heavy (non-hydrogen) atoms. The van der Waals surface area contributed by atoms with Gasteiger partial charge in [0.15, 0.2) is 0 Å². The highest BCUT2D eigenvalue weighted by Crippen LogP contribution is 2.42. The van der Waals surface area contributed by atoms with Crippen molar-refractivity contribution >= 4 is 23.2 Å². The van der Waals surface area contributed by atoms with Crippen molar-refractivity contribution in [1.82, 2.24) is 25.3 Å². The number of methoxy groups -OCH3 is 2. The minimum absolute atomic E-state index is 0.0246. The summed E-state index contributed by atoms with van der Waals surface area (Å²) in [5.41, 5.74) is 5.29. The van der Waals surface area contributed by atoms with Crippen LogP contribution < -0.4 is 14.8 Å². The number of hydrogen-bond acceptors (Lipinski definition) is 9. The summed E-state index contributed by atoms with van der Waals surface area (Å²) in [6.45, 7) is 1.00. The molecule has 0 saturated heterocycles. The molecule has 0 aliphatic rings. The van der Waals surface area contributed by atoms with Crippen LogP contribution in [0.15, 0.2) is 48.8 Å². The molecule has 2 aromatic heterocycles. The van der Waals surface area contributed by atoms with E-state index in [1.165, 1.54) is 7.11 Å². The Morgan fingerprint density at radius 1 is 0.725 bits per heavy atom. The van der Waals surface area contributed by atoms with Gasteiger partial charge in [0.05, 0.1) is 54.7 Å². The lowest BCUT2D eigenvalue weighted by molar-refractivity contribution is 0.284. The fraction of sp³-hybridized carbons (Fsp3) is 0.310. The van der Waals surface area contributed by atoms with Gasteiger partial charge in [0, 0.05) is 42.0 Å². The number of halogens is 2. The van der Waals surface area contributed by atoms with Crippen LogP contribution in [0.5, 0.6) is 11.8 Å². The average molecular weight is 585 g/mol. The van der Waals surface area contributed by atoms with E-state index in [-0.39, 0.29) is 13.2 Å². The van der Waals surface area contributed by atoms with Gasteiger partial charge < -0.3 is 25.0 Å². The van der Waals surface area contributed by atoms with E-state index in [2.05, 4.69) is 25.3 Å². The summed E-state index contributed by atoms with van der Waals surface area (Å²) < 4.78 is 10.9. The molecule has 2 aromatic carbocycles. The maximum Gasteiger partial charge on any atom is 0.237 e. The third-order valence-corrected chi connectivity index (χ3v) is 7.07. The minimum Gasteiger partial charge on any atom is -0.480 e. The lowest BCUT2D eigenvalue weighted by atomic mass is 9.98. The largest absolute Gasteiger partial charge is 0.480 e. The van der Waals surface area contributed by atoms with Crippen LogP contribution in [0, 0.1) is 0 Å². The number of aliphatic hydroxyl groups is 2. The van der Waals surface area contributed by atoms with E-state index in [0.717, 1.165) is 23.2 Å². The molecule has 0 atom stereocenters. The fourth-order valence-corrected chi connectivity index (χ4v) is 4.89. The smallest absolute Gasteiger partial charge is 0.237 e. The topological polar surface area (TPSA) is 123 Å². The molecule has 3 N–H and O–H groups in total. The van der Waals surface area contributed by atoms with Crippen molar-refractivity contribution in [3.63, 3.8) is 0 Å². The van der Waals surface area contributed by atoms with Gasteiger partial charge in [-0.05, 0) is 19.3 Å². The molecule has 0 amide bonds. The lowest BCUT2D eigenvalue weighted by Gasteiger charge is -2.15. The van der Waals surface area contributed by atoms with Crippen LogP contribution in [0.25, 0.3) is 33.6 Å². The Bertz CT molecular complexity index is 1350. The van der Waals surface area contributed by atoms with Crippen LogP contribution in [0.2, 0.25) is 10.0 Å². The van der Waals surface area contributed by atoms with Crippen molar-refractivity contribution in [2.75, 3.05) is 34.0 Å². The second-order valence-electron chi connectivity index (χ2n) is 8.84. The van der Waals surface area contributed by atoms with Crippen LogP contribution in [-0.4, -0.2) is 64.1 Å². The van der Waals surface area contributed by atoms with E-state index in [1.54, 1.807) is 19.5 Å². The summed E-state index contributed by atoms with van der Waals surface area (Å²) in [5, 5.41) is 22.1. The first-order chi connectivity index (χ1) is 19.5. The maximum atomic E-state index is 9.07. The van der Waals surface area contributed by atoms with Crippen molar-refractivity contribution in [1.29, 1.82) is 0 Å². The molecule has 2 heterocycles. The summed E-state index contributed by atoms with van der Waals surface area (Å²) >= 11 is 13.9. The molecule has 9 nitrogen and oxygen atoms in total. The van der Waals surface area contributed by atoms with E-state index in [1.807, 2.05) is 36.4 Å². The Morgan fingerprint density at radius 2 is 1.25 bits per heavy atom. The Labute approximate surface area is 243 Å². The first kappa shape index (κ1) is 29.6. The molecule has 0 aliphatic carbocycles. The average Bonchev–Trinajstić information content (AvgIpc) is 2.98. The molecule has 4 rings (SSSR count). The number of ether oxygens (including phenoxy) is 2. The van der Waals surface area contributed by atoms with Gasteiger partial charge in [0.2, 0.25) is 11.8 Å².